The Hall–Kier alpha value is -2.01. The molecule has 2 rings (SSSR count). The Labute approximate surface area is 124 Å². The summed E-state index contributed by atoms with van der Waals surface area (Å²) in [4.78, 5) is 15.1. The quantitative estimate of drug-likeness (QED) is 0.651. The Balaban J connectivity index is 1.99. The molecule has 0 aliphatic carbocycles. The van der Waals surface area contributed by atoms with Crippen LogP contribution >= 0.6 is 0 Å². The van der Waals surface area contributed by atoms with Crippen LogP contribution in [0, 0.1) is 5.41 Å². The van der Waals surface area contributed by atoms with Gasteiger partial charge in [-0.05, 0) is 36.1 Å². The van der Waals surface area contributed by atoms with E-state index < -0.39 is 6.10 Å². The minimum absolute atomic E-state index is 0.0305. The maximum Gasteiger partial charge on any atom is 0.267 e. The standard InChI is InChI=1S/C16H23N3O2/c1-16(2,3)8-12(20)9-18-15(21)14-7-10-6-11(17)4-5-13(10)19-14/h4-7,12,19-20H,8-9,17H2,1-3H3,(H,18,21). The Morgan fingerprint density at radius 3 is 2.76 bits per heavy atom. The van der Waals surface area contributed by atoms with Gasteiger partial charge < -0.3 is 21.1 Å². The number of hydrogen-bond donors (Lipinski definition) is 4. The summed E-state index contributed by atoms with van der Waals surface area (Å²) in [5, 5.41) is 13.6. The smallest absolute Gasteiger partial charge is 0.267 e. The molecule has 5 heteroatoms. The van der Waals surface area contributed by atoms with E-state index in [0.29, 0.717) is 17.8 Å². The molecule has 1 aromatic heterocycles. The highest BCUT2D eigenvalue weighted by atomic mass is 16.3. The Morgan fingerprint density at radius 1 is 1.38 bits per heavy atom. The van der Waals surface area contributed by atoms with Gasteiger partial charge in [0, 0.05) is 23.1 Å². The van der Waals surface area contributed by atoms with Gasteiger partial charge in [0.15, 0.2) is 0 Å². The van der Waals surface area contributed by atoms with E-state index in [9.17, 15) is 9.90 Å². The number of nitrogens with two attached hydrogens (primary N) is 1. The van der Waals surface area contributed by atoms with E-state index in [2.05, 4.69) is 31.1 Å². The highest BCUT2D eigenvalue weighted by Gasteiger charge is 2.18. The van der Waals surface area contributed by atoms with E-state index in [1.807, 2.05) is 12.1 Å². The Morgan fingerprint density at radius 2 is 2.10 bits per heavy atom. The monoisotopic (exact) mass is 289 g/mol. The minimum atomic E-state index is -0.547. The number of amides is 1. The fraction of sp³-hybridized carbons (Fsp3) is 0.438. The van der Waals surface area contributed by atoms with Crippen molar-refractivity contribution in [2.24, 2.45) is 5.41 Å². The first-order valence-electron chi connectivity index (χ1n) is 7.09. The third kappa shape index (κ3) is 4.23. The van der Waals surface area contributed by atoms with Gasteiger partial charge in [0.1, 0.15) is 5.69 Å². The van der Waals surface area contributed by atoms with Gasteiger partial charge in [0.2, 0.25) is 0 Å². The van der Waals surface area contributed by atoms with Crippen molar-refractivity contribution in [3.05, 3.63) is 30.0 Å². The van der Waals surface area contributed by atoms with Gasteiger partial charge in [-0.15, -0.1) is 0 Å². The molecule has 0 radical (unpaired) electrons. The maximum atomic E-state index is 12.1. The van der Waals surface area contributed by atoms with Crippen molar-refractivity contribution in [1.29, 1.82) is 0 Å². The summed E-state index contributed by atoms with van der Waals surface area (Å²) in [6.07, 6.45) is 0.0882. The number of nitrogen functional groups attached to an aromatic ring is 1. The summed E-state index contributed by atoms with van der Waals surface area (Å²) < 4.78 is 0. The largest absolute Gasteiger partial charge is 0.399 e. The van der Waals surface area contributed by atoms with Crippen LogP contribution in [0.4, 0.5) is 5.69 Å². The summed E-state index contributed by atoms with van der Waals surface area (Å²) >= 11 is 0. The molecule has 0 bridgehead atoms. The SMILES string of the molecule is CC(C)(C)CC(O)CNC(=O)c1cc2cc(N)ccc2[nH]1. The van der Waals surface area contributed by atoms with Crippen molar-refractivity contribution in [3.8, 4) is 0 Å². The number of nitrogens with one attached hydrogen (secondary N) is 2. The van der Waals surface area contributed by atoms with Crippen molar-refractivity contribution in [2.75, 3.05) is 12.3 Å². The van der Waals surface area contributed by atoms with Crippen molar-refractivity contribution < 1.29 is 9.90 Å². The number of carbonyl (C=O) groups is 1. The van der Waals surface area contributed by atoms with Crippen molar-refractivity contribution in [2.45, 2.75) is 33.3 Å². The molecule has 0 saturated carbocycles. The lowest BCUT2D eigenvalue weighted by Crippen LogP contribution is -2.34. The average molecular weight is 289 g/mol. The van der Waals surface area contributed by atoms with E-state index in [0.717, 1.165) is 10.9 Å². The molecule has 1 unspecified atom stereocenters. The number of rotatable bonds is 4. The van der Waals surface area contributed by atoms with Crippen LogP contribution in [0.5, 0.6) is 0 Å². The minimum Gasteiger partial charge on any atom is -0.399 e. The van der Waals surface area contributed by atoms with Crippen LogP contribution in [0.1, 0.15) is 37.7 Å². The maximum absolute atomic E-state index is 12.1. The molecule has 0 fully saturated rings. The fourth-order valence-corrected chi connectivity index (χ4v) is 2.36. The van der Waals surface area contributed by atoms with Gasteiger partial charge in [0.05, 0.1) is 6.10 Å². The van der Waals surface area contributed by atoms with Gasteiger partial charge in [-0.2, -0.15) is 0 Å². The van der Waals surface area contributed by atoms with Crippen LogP contribution in [-0.4, -0.2) is 28.6 Å². The molecule has 0 aliphatic heterocycles. The van der Waals surface area contributed by atoms with Crippen LogP contribution in [-0.2, 0) is 0 Å². The molecule has 0 saturated heterocycles. The van der Waals surface area contributed by atoms with Gasteiger partial charge in [-0.3, -0.25) is 4.79 Å². The number of H-pyrrole nitrogens is 1. The molecule has 21 heavy (non-hydrogen) atoms. The molecule has 1 amide bonds. The molecule has 5 nitrogen and oxygen atoms in total. The highest BCUT2D eigenvalue weighted by Crippen LogP contribution is 2.21. The normalized spacial score (nSPS) is 13.3. The summed E-state index contributed by atoms with van der Waals surface area (Å²) in [5.74, 6) is -0.224. The van der Waals surface area contributed by atoms with E-state index in [1.54, 1.807) is 12.1 Å². The molecule has 5 N–H and O–H groups in total. The van der Waals surface area contributed by atoms with Crippen molar-refractivity contribution in [3.63, 3.8) is 0 Å². The lowest BCUT2D eigenvalue weighted by Gasteiger charge is -2.22. The van der Waals surface area contributed by atoms with Crippen LogP contribution in [0.15, 0.2) is 24.3 Å². The predicted octanol–water partition coefficient (Wildman–Crippen LogP) is 2.28. The zero-order valence-corrected chi connectivity index (χ0v) is 12.7. The first-order chi connectivity index (χ1) is 9.74. The molecule has 1 atom stereocenters. The summed E-state index contributed by atoms with van der Waals surface area (Å²) in [6, 6.07) is 7.21. The summed E-state index contributed by atoms with van der Waals surface area (Å²) in [6.45, 7) is 6.41. The number of benzene rings is 1. The second-order valence-corrected chi connectivity index (χ2v) is 6.66. The van der Waals surface area contributed by atoms with Gasteiger partial charge >= 0.3 is 0 Å². The number of anilines is 1. The van der Waals surface area contributed by atoms with Gasteiger partial charge in [-0.25, -0.2) is 0 Å². The van der Waals surface area contributed by atoms with E-state index >= 15 is 0 Å². The number of aliphatic hydroxyl groups is 1. The Bertz CT molecular complexity index is 640. The third-order valence-corrected chi connectivity index (χ3v) is 3.24. The van der Waals surface area contributed by atoms with Crippen molar-refractivity contribution >= 4 is 22.5 Å². The number of aliphatic hydroxyl groups excluding tert-OH is 1. The van der Waals surface area contributed by atoms with E-state index in [1.165, 1.54) is 0 Å². The number of hydrogen-bond acceptors (Lipinski definition) is 3. The van der Waals surface area contributed by atoms with Gasteiger partial charge in [-0.1, -0.05) is 20.8 Å². The fourth-order valence-electron chi connectivity index (χ4n) is 2.36. The van der Waals surface area contributed by atoms with E-state index in [-0.39, 0.29) is 17.9 Å². The topological polar surface area (TPSA) is 91.1 Å². The number of aromatic nitrogens is 1. The molecule has 114 valence electrons. The van der Waals surface area contributed by atoms with Crippen LogP contribution in [0.3, 0.4) is 0 Å². The number of carbonyl (C=O) groups excluding carboxylic acids is 1. The predicted molar refractivity (Wildman–Crippen MR) is 85.1 cm³/mol. The van der Waals surface area contributed by atoms with Crippen LogP contribution in [0.25, 0.3) is 10.9 Å². The molecular weight excluding hydrogens is 266 g/mol. The van der Waals surface area contributed by atoms with Crippen LogP contribution < -0.4 is 11.1 Å². The summed E-state index contributed by atoms with van der Waals surface area (Å²) in [5.41, 5.74) is 7.75. The van der Waals surface area contributed by atoms with Crippen LogP contribution in [0.2, 0.25) is 0 Å². The zero-order chi connectivity index (χ0) is 15.6. The molecule has 1 heterocycles. The molecule has 0 spiro atoms. The summed E-state index contributed by atoms with van der Waals surface area (Å²) in [7, 11) is 0. The lowest BCUT2D eigenvalue weighted by atomic mass is 9.89. The van der Waals surface area contributed by atoms with Gasteiger partial charge in [0.25, 0.3) is 5.91 Å². The second kappa shape index (κ2) is 5.77. The van der Waals surface area contributed by atoms with E-state index in [4.69, 9.17) is 5.73 Å². The lowest BCUT2D eigenvalue weighted by molar-refractivity contribution is 0.0865. The Kier molecular flexibility index (Phi) is 4.23. The number of fused-ring (bicyclic) bond motifs is 1. The highest BCUT2D eigenvalue weighted by molar-refractivity contribution is 5.98. The zero-order valence-electron chi connectivity index (χ0n) is 12.7. The molecule has 0 aliphatic rings. The average Bonchev–Trinajstić information content (AvgIpc) is 2.76. The first-order valence-corrected chi connectivity index (χ1v) is 7.09. The molecular formula is C16H23N3O2. The van der Waals surface area contributed by atoms with Crippen molar-refractivity contribution in [1.82, 2.24) is 10.3 Å². The third-order valence-electron chi connectivity index (χ3n) is 3.24. The number of aromatic amines is 1. The second-order valence-electron chi connectivity index (χ2n) is 6.66. The molecule has 2 aromatic rings. The first kappa shape index (κ1) is 15.4. The molecule has 1 aromatic carbocycles.